The number of guanidine groups is 1. The van der Waals surface area contributed by atoms with E-state index < -0.39 is 10.8 Å². The van der Waals surface area contributed by atoms with E-state index >= 15 is 0 Å². The highest BCUT2D eigenvalue weighted by molar-refractivity contribution is 7.86. The molecule has 0 fully saturated rings. The van der Waals surface area contributed by atoms with E-state index in [4.69, 9.17) is 0 Å². The second kappa shape index (κ2) is 10.2. The number of aliphatic imine (C=N–C) groups is 1. The minimum Gasteiger partial charge on any atom is -0.356 e. The molecule has 0 aromatic heterocycles. The van der Waals surface area contributed by atoms with Gasteiger partial charge in [-0.1, -0.05) is 26.2 Å². The molecule has 2 N–H and O–H groups in total. The molecule has 0 heterocycles. The molecule has 5 heteroatoms. The van der Waals surface area contributed by atoms with Gasteiger partial charge in [-0.3, -0.25) is 9.20 Å². The molecule has 0 saturated heterocycles. The van der Waals surface area contributed by atoms with Crippen molar-refractivity contribution in [1.29, 1.82) is 0 Å². The van der Waals surface area contributed by atoms with Gasteiger partial charge in [0.15, 0.2) is 5.96 Å². The summed E-state index contributed by atoms with van der Waals surface area (Å²) in [4.78, 5) is 4.16. The predicted molar refractivity (Wildman–Crippen MR) is 86.3 cm³/mol. The van der Waals surface area contributed by atoms with Crippen molar-refractivity contribution >= 4 is 16.8 Å². The van der Waals surface area contributed by atoms with Crippen molar-refractivity contribution in [1.82, 2.24) is 10.6 Å². The van der Waals surface area contributed by atoms with Crippen molar-refractivity contribution in [3.63, 3.8) is 0 Å². The lowest BCUT2D eigenvalue weighted by molar-refractivity contribution is 0.642. The first-order valence-electron chi connectivity index (χ1n) is 7.24. The summed E-state index contributed by atoms with van der Waals surface area (Å²) in [5, 5.41) is 6.49. The van der Waals surface area contributed by atoms with Gasteiger partial charge in [-0.2, -0.15) is 0 Å². The lowest BCUT2D eigenvalue weighted by Crippen LogP contribution is -2.40. The number of hydrogen-bond acceptors (Lipinski definition) is 2. The van der Waals surface area contributed by atoms with E-state index in [0.717, 1.165) is 12.5 Å². The molecule has 0 aromatic carbocycles. The molecular weight excluding hydrogens is 258 g/mol. The van der Waals surface area contributed by atoms with Gasteiger partial charge in [-0.25, -0.2) is 0 Å². The lowest BCUT2D eigenvalue weighted by atomic mass is 10.2. The van der Waals surface area contributed by atoms with Gasteiger partial charge < -0.3 is 10.6 Å². The van der Waals surface area contributed by atoms with Crippen LogP contribution in [0.5, 0.6) is 0 Å². The number of unbranched alkanes of at least 4 members (excludes halogenated alkanes) is 3. The van der Waals surface area contributed by atoms with Crippen LogP contribution in [0.1, 0.15) is 53.4 Å². The molecular formula is C14H31N3OS. The molecule has 0 saturated carbocycles. The molecule has 114 valence electrons. The highest BCUT2D eigenvalue weighted by atomic mass is 32.2. The number of hydrogen-bond donors (Lipinski definition) is 2. The fourth-order valence-electron chi connectivity index (χ4n) is 1.55. The van der Waals surface area contributed by atoms with Crippen LogP contribution in [-0.2, 0) is 10.8 Å². The van der Waals surface area contributed by atoms with E-state index in [9.17, 15) is 4.21 Å². The molecule has 0 aliphatic heterocycles. The first-order valence-corrected chi connectivity index (χ1v) is 8.56. The van der Waals surface area contributed by atoms with E-state index in [1.165, 1.54) is 25.7 Å². The van der Waals surface area contributed by atoms with Gasteiger partial charge >= 0.3 is 0 Å². The fourth-order valence-corrected chi connectivity index (χ4v) is 2.45. The zero-order valence-corrected chi connectivity index (χ0v) is 14.0. The zero-order chi connectivity index (χ0) is 14.7. The molecule has 0 spiro atoms. The third-order valence-electron chi connectivity index (χ3n) is 2.81. The molecule has 0 rings (SSSR count). The first-order chi connectivity index (χ1) is 8.91. The maximum absolute atomic E-state index is 11.9. The summed E-state index contributed by atoms with van der Waals surface area (Å²) in [7, 11) is 0.955. The summed E-state index contributed by atoms with van der Waals surface area (Å²) in [5.41, 5.74) is 0. The lowest BCUT2D eigenvalue weighted by Gasteiger charge is -2.18. The van der Waals surface area contributed by atoms with Gasteiger partial charge in [0.05, 0.1) is 0 Å². The average molecular weight is 289 g/mol. The molecule has 0 aliphatic rings. The average Bonchev–Trinajstić information content (AvgIpc) is 2.35. The Kier molecular flexibility index (Phi) is 9.92. The van der Waals surface area contributed by atoms with Crippen LogP contribution < -0.4 is 10.6 Å². The summed E-state index contributed by atoms with van der Waals surface area (Å²) in [6.45, 7) is 9.86. The second-order valence-corrected chi connectivity index (χ2v) is 7.97. The first kappa shape index (κ1) is 18.4. The minimum atomic E-state index is -0.811. The number of nitrogens with zero attached hydrogens (tertiary/aromatic N) is 1. The number of nitrogens with one attached hydrogen (secondary N) is 2. The molecule has 0 aromatic rings. The molecule has 0 aliphatic carbocycles. The van der Waals surface area contributed by atoms with E-state index in [1.807, 2.05) is 20.8 Å². The van der Waals surface area contributed by atoms with Crippen molar-refractivity contribution in [2.24, 2.45) is 4.99 Å². The summed E-state index contributed by atoms with van der Waals surface area (Å²) >= 11 is 0. The predicted octanol–water partition coefficient (Wildman–Crippen LogP) is 2.28. The van der Waals surface area contributed by atoms with E-state index in [0.29, 0.717) is 12.3 Å². The Balaban J connectivity index is 3.75. The third kappa shape index (κ3) is 9.93. The van der Waals surface area contributed by atoms with Crippen molar-refractivity contribution in [2.45, 2.75) is 58.1 Å². The maximum Gasteiger partial charge on any atom is 0.191 e. The zero-order valence-electron chi connectivity index (χ0n) is 13.2. The highest BCUT2D eigenvalue weighted by Gasteiger charge is 2.18. The smallest absolute Gasteiger partial charge is 0.191 e. The highest BCUT2D eigenvalue weighted by Crippen LogP contribution is 2.10. The van der Waals surface area contributed by atoms with Crippen molar-refractivity contribution in [3.05, 3.63) is 0 Å². The van der Waals surface area contributed by atoms with E-state index in [1.54, 1.807) is 7.05 Å². The van der Waals surface area contributed by atoms with Crippen LogP contribution in [0.15, 0.2) is 4.99 Å². The SMILES string of the molecule is CCCCCCNC(=NC)NCCS(=O)C(C)(C)C. The Hall–Kier alpha value is -0.580. The summed E-state index contributed by atoms with van der Waals surface area (Å²) < 4.78 is 11.7. The molecule has 0 radical (unpaired) electrons. The van der Waals surface area contributed by atoms with Crippen LogP contribution in [0, 0.1) is 0 Å². The Morgan fingerprint density at radius 1 is 1.11 bits per heavy atom. The molecule has 0 amide bonds. The van der Waals surface area contributed by atoms with Crippen LogP contribution in [0.2, 0.25) is 0 Å². The molecule has 0 bridgehead atoms. The summed E-state index contributed by atoms with van der Waals surface area (Å²) in [6.07, 6.45) is 4.97. The Morgan fingerprint density at radius 3 is 2.26 bits per heavy atom. The van der Waals surface area contributed by atoms with Gasteiger partial charge in [-0.05, 0) is 27.2 Å². The standard InChI is InChI=1S/C14H31N3OS/c1-6-7-8-9-10-16-13(15-5)17-11-12-19(18)14(2,3)4/h6-12H2,1-5H3,(H2,15,16,17). The van der Waals surface area contributed by atoms with Gasteiger partial charge in [0, 0.05) is 41.4 Å². The summed E-state index contributed by atoms with van der Waals surface area (Å²) in [5.74, 6) is 1.46. The molecule has 1 atom stereocenters. The fraction of sp³-hybridized carbons (Fsp3) is 0.929. The van der Waals surface area contributed by atoms with Gasteiger partial charge in [-0.15, -0.1) is 0 Å². The van der Waals surface area contributed by atoms with Crippen molar-refractivity contribution < 1.29 is 4.21 Å². The largest absolute Gasteiger partial charge is 0.356 e. The molecule has 19 heavy (non-hydrogen) atoms. The van der Waals surface area contributed by atoms with E-state index in [2.05, 4.69) is 22.5 Å². The van der Waals surface area contributed by atoms with Gasteiger partial charge in [0.2, 0.25) is 0 Å². The second-order valence-electron chi connectivity index (χ2n) is 5.65. The minimum absolute atomic E-state index is 0.140. The van der Waals surface area contributed by atoms with Crippen LogP contribution >= 0.6 is 0 Å². The van der Waals surface area contributed by atoms with Gasteiger partial charge in [0.1, 0.15) is 0 Å². The van der Waals surface area contributed by atoms with Crippen LogP contribution in [0.25, 0.3) is 0 Å². The van der Waals surface area contributed by atoms with Crippen LogP contribution in [0.4, 0.5) is 0 Å². The third-order valence-corrected chi connectivity index (χ3v) is 4.75. The maximum atomic E-state index is 11.9. The Bertz CT molecular complexity index is 285. The van der Waals surface area contributed by atoms with Crippen LogP contribution in [0.3, 0.4) is 0 Å². The van der Waals surface area contributed by atoms with Crippen molar-refractivity contribution in [3.8, 4) is 0 Å². The van der Waals surface area contributed by atoms with E-state index in [-0.39, 0.29) is 4.75 Å². The monoisotopic (exact) mass is 289 g/mol. The van der Waals surface area contributed by atoms with Crippen LogP contribution in [-0.4, -0.2) is 40.8 Å². The Morgan fingerprint density at radius 2 is 1.74 bits per heavy atom. The van der Waals surface area contributed by atoms with Gasteiger partial charge in [0.25, 0.3) is 0 Å². The number of rotatable bonds is 8. The normalized spacial score (nSPS) is 14.3. The molecule has 1 unspecified atom stereocenters. The van der Waals surface area contributed by atoms with Crippen molar-refractivity contribution in [2.75, 3.05) is 25.9 Å². The Labute approximate surface area is 121 Å². The quantitative estimate of drug-likeness (QED) is 0.409. The topological polar surface area (TPSA) is 53.5 Å². The summed E-state index contributed by atoms with van der Waals surface area (Å²) in [6, 6.07) is 0. The molecule has 4 nitrogen and oxygen atoms in total.